The Kier molecular flexibility index (Phi) is 2.57. The third kappa shape index (κ3) is 1.79. The first-order valence-electron chi connectivity index (χ1n) is 4.42. The Balaban J connectivity index is 2.56. The lowest BCUT2D eigenvalue weighted by Gasteiger charge is -2.07. The van der Waals surface area contributed by atoms with E-state index < -0.39 is 0 Å². The van der Waals surface area contributed by atoms with Crippen molar-refractivity contribution in [3.8, 4) is 11.8 Å². The zero-order chi connectivity index (χ0) is 10.8. The third-order valence-corrected chi connectivity index (χ3v) is 2.80. The Morgan fingerprint density at radius 3 is 2.80 bits per heavy atom. The second kappa shape index (κ2) is 3.87. The molecule has 0 spiro atoms. The van der Waals surface area contributed by atoms with Gasteiger partial charge in [0.2, 0.25) is 0 Å². The fourth-order valence-electron chi connectivity index (χ4n) is 1.40. The second-order valence-corrected chi connectivity index (χ2v) is 3.98. The normalized spacial score (nSPS) is 9.93. The van der Waals surface area contributed by atoms with Crippen LogP contribution in [0.1, 0.15) is 11.4 Å². The number of nitriles is 1. The molecule has 2 aromatic rings. The summed E-state index contributed by atoms with van der Waals surface area (Å²) in [6.07, 6.45) is 3.64. The van der Waals surface area contributed by atoms with Gasteiger partial charge in [-0.05, 0) is 41.1 Å². The van der Waals surface area contributed by atoms with Crippen molar-refractivity contribution < 1.29 is 0 Å². The van der Waals surface area contributed by atoms with Gasteiger partial charge in [0.15, 0.2) is 0 Å². The molecular weight excluding hydrogens is 254 g/mol. The predicted octanol–water partition coefficient (Wildman–Crippen LogP) is 2.81. The number of imidazole rings is 1. The van der Waals surface area contributed by atoms with Crippen LogP contribution < -0.4 is 0 Å². The minimum absolute atomic E-state index is 0.642. The summed E-state index contributed by atoms with van der Waals surface area (Å²) in [6.45, 7) is 1.94. The summed E-state index contributed by atoms with van der Waals surface area (Å²) in [7, 11) is 0. The molecule has 0 unspecified atom stereocenters. The van der Waals surface area contributed by atoms with Gasteiger partial charge < -0.3 is 4.57 Å². The Hall–Kier alpha value is -1.60. The van der Waals surface area contributed by atoms with Crippen molar-refractivity contribution >= 4 is 15.9 Å². The molecular formula is C11H8BrN3. The Bertz CT molecular complexity index is 537. The standard InChI is InChI=1S/C11H8BrN3/c1-8-14-4-5-15(8)11-3-2-9(7-13)6-10(11)12/h2-6H,1H3. The summed E-state index contributed by atoms with van der Waals surface area (Å²) in [6, 6.07) is 7.59. The first kappa shape index (κ1) is 9.94. The van der Waals surface area contributed by atoms with E-state index in [-0.39, 0.29) is 0 Å². The van der Waals surface area contributed by atoms with Gasteiger partial charge in [-0.15, -0.1) is 0 Å². The smallest absolute Gasteiger partial charge is 0.110 e. The van der Waals surface area contributed by atoms with Crippen molar-refractivity contribution in [2.75, 3.05) is 0 Å². The molecule has 0 atom stereocenters. The van der Waals surface area contributed by atoms with Crippen LogP contribution in [0.2, 0.25) is 0 Å². The van der Waals surface area contributed by atoms with E-state index >= 15 is 0 Å². The number of hydrogen-bond donors (Lipinski definition) is 0. The fourth-order valence-corrected chi connectivity index (χ4v) is 1.97. The quantitative estimate of drug-likeness (QED) is 0.792. The second-order valence-electron chi connectivity index (χ2n) is 3.12. The molecule has 0 saturated carbocycles. The molecule has 1 aromatic carbocycles. The molecule has 1 aromatic heterocycles. The Morgan fingerprint density at radius 2 is 2.27 bits per heavy atom. The molecule has 0 fully saturated rings. The lowest BCUT2D eigenvalue weighted by molar-refractivity contribution is 0.969. The highest BCUT2D eigenvalue weighted by atomic mass is 79.9. The Morgan fingerprint density at radius 1 is 1.47 bits per heavy atom. The van der Waals surface area contributed by atoms with Crippen LogP contribution in [-0.2, 0) is 0 Å². The molecule has 0 amide bonds. The van der Waals surface area contributed by atoms with E-state index in [0.29, 0.717) is 5.56 Å². The van der Waals surface area contributed by atoms with Crippen LogP contribution in [-0.4, -0.2) is 9.55 Å². The van der Waals surface area contributed by atoms with Gasteiger partial charge in [-0.3, -0.25) is 0 Å². The molecule has 0 bridgehead atoms. The van der Waals surface area contributed by atoms with Gasteiger partial charge >= 0.3 is 0 Å². The van der Waals surface area contributed by atoms with Gasteiger partial charge in [0.05, 0.1) is 17.3 Å². The first-order chi connectivity index (χ1) is 7.22. The number of halogens is 1. The van der Waals surface area contributed by atoms with Crippen LogP contribution in [0.3, 0.4) is 0 Å². The summed E-state index contributed by atoms with van der Waals surface area (Å²) in [4.78, 5) is 4.15. The van der Waals surface area contributed by atoms with Crippen molar-refractivity contribution in [3.63, 3.8) is 0 Å². The molecule has 0 saturated heterocycles. The maximum absolute atomic E-state index is 8.75. The maximum atomic E-state index is 8.75. The highest BCUT2D eigenvalue weighted by Crippen LogP contribution is 2.23. The van der Waals surface area contributed by atoms with Crippen LogP contribution in [0, 0.1) is 18.3 Å². The molecule has 1 heterocycles. The number of aromatic nitrogens is 2. The number of benzene rings is 1. The molecule has 0 aliphatic carbocycles. The molecule has 2 rings (SSSR count). The predicted molar refractivity (Wildman–Crippen MR) is 60.7 cm³/mol. The molecule has 3 nitrogen and oxygen atoms in total. The van der Waals surface area contributed by atoms with E-state index in [2.05, 4.69) is 27.0 Å². The van der Waals surface area contributed by atoms with Crippen LogP contribution in [0.5, 0.6) is 0 Å². The zero-order valence-electron chi connectivity index (χ0n) is 8.11. The highest BCUT2D eigenvalue weighted by molar-refractivity contribution is 9.10. The lowest BCUT2D eigenvalue weighted by atomic mass is 10.2. The van der Waals surface area contributed by atoms with Crippen molar-refractivity contribution in [2.24, 2.45) is 0 Å². The number of rotatable bonds is 1. The first-order valence-corrected chi connectivity index (χ1v) is 5.21. The van der Waals surface area contributed by atoms with Gasteiger partial charge in [0.25, 0.3) is 0 Å². The van der Waals surface area contributed by atoms with Crippen molar-refractivity contribution in [3.05, 3.63) is 46.5 Å². The summed E-state index contributed by atoms with van der Waals surface area (Å²) < 4.78 is 2.85. The van der Waals surface area contributed by atoms with Gasteiger partial charge in [0, 0.05) is 16.9 Å². The molecule has 4 heteroatoms. The summed E-state index contributed by atoms with van der Waals surface area (Å²) >= 11 is 3.44. The van der Waals surface area contributed by atoms with E-state index in [1.807, 2.05) is 23.8 Å². The monoisotopic (exact) mass is 261 g/mol. The van der Waals surface area contributed by atoms with Crippen LogP contribution in [0.4, 0.5) is 0 Å². The number of hydrogen-bond acceptors (Lipinski definition) is 2. The van der Waals surface area contributed by atoms with Gasteiger partial charge in [-0.1, -0.05) is 0 Å². The topological polar surface area (TPSA) is 41.6 Å². The fraction of sp³-hybridized carbons (Fsp3) is 0.0909. The average Bonchev–Trinajstić information content (AvgIpc) is 2.64. The summed E-state index contributed by atoms with van der Waals surface area (Å²) in [5, 5.41) is 8.75. The van der Waals surface area contributed by atoms with Gasteiger partial charge in [-0.2, -0.15) is 5.26 Å². The lowest BCUT2D eigenvalue weighted by Crippen LogP contribution is -1.96. The molecule has 0 aliphatic rings. The molecule has 0 radical (unpaired) electrons. The summed E-state index contributed by atoms with van der Waals surface area (Å²) in [5.41, 5.74) is 1.63. The Labute approximate surface area is 96.1 Å². The molecule has 74 valence electrons. The molecule has 0 N–H and O–H groups in total. The van der Waals surface area contributed by atoms with Gasteiger partial charge in [-0.25, -0.2) is 4.98 Å². The molecule has 15 heavy (non-hydrogen) atoms. The van der Waals surface area contributed by atoms with E-state index in [1.165, 1.54) is 0 Å². The van der Waals surface area contributed by atoms with Crippen LogP contribution >= 0.6 is 15.9 Å². The zero-order valence-corrected chi connectivity index (χ0v) is 9.69. The third-order valence-electron chi connectivity index (χ3n) is 2.16. The van der Waals surface area contributed by atoms with E-state index in [9.17, 15) is 0 Å². The van der Waals surface area contributed by atoms with E-state index in [4.69, 9.17) is 5.26 Å². The molecule has 0 aliphatic heterocycles. The van der Waals surface area contributed by atoms with Crippen molar-refractivity contribution in [2.45, 2.75) is 6.92 Å². The van der Waals surface area contributed by atoms with Crippen molar-refractivity contribution in [1.82, 2.24) is 9.55 Å². The summed E-state index contributed by atoms with van der Waals surface area (Å²) in [5.74, 6) is 0.917. The number of nitrogens with zero attached hydrogens (tertiary/aromatic N) is 3. The highest BCUT2D eigenvalue weighted by Gasteiger charge is 2.05. The minimum atomic E-state index is 0.642. The van der Waals surface area contributed by atoms with Gasteiger partial charge in [0.1, 0.15) is 5.82 Å². The van der Waals surface area contributed by atoms with E-state index in [1.54, 1.807) is 18.3 Å². The minimum Gasteiger partial charge on any atom is -0.303 e. The van der Waals surface area contributed by atoms with Crippen LogP contribution in [0.25, 0.3) is 5.69 Å². The van der Waals surface area contributed by atoms with E-state index in [0.717, 1.165) is 16.0 Å². The SMILES string of the molecule is Cc1nccn1-c1ccc(C#N)cc1Br. The van der Waals surface area contributed by atoms with Crippen LogP contribution in [0.15, 0.2) is 35.1 Å². The maximum Gasteiger partial charge on any atom is 0.110 e. The largest absolute Gasteiger partial charge is 0.303 e. The van der Waals surface area contributed by atoms with Crippen molar-refractivity contribution in [1.29, 1.82) is 5.26 Å². The average molecular weight is 262 g/mol. The number of aryl methyl sites for hydroxylation is 1.